The van der Waals surface area contributed by atoms with Crippen molar-refractivity contribution >= 4 is 23.4 Å². The first-order chi connectivity index (χ1) is 10.2. The molecule has 6 heteroatoms. The van der Waals surface area contributed by atoms with E-state index < -0.39 is 0 Å². The Morgan fingerprint density at radius 2 is 1.90 bits per heavy atom. The van der Waals surface area contributed by atoms with E-state index in [0.29, 0.717) is 23.3 Å². The van der Waals surface area contributed by atoms with Crippen LogP contribution in [-0.2, 0) is 6.42 Å². The Bertz CT molecular complexity index is 574. The summed E-state index contributed by atoms with van der Waals surface area (Å²) in [5.74, 6) is 1.48. The van der Waals surface area contributed by atoms with Crippen LogP contribution in [0.4, 0.5) is 11.8 Å². The van der Waals surface area contributed by atoms with Gasteiger partial charge >= 0.3 is 0 Å². The smallest absolute Gasteiger partial charge is 0.224 e. The second-order valence-corrected chi connectivity index (χ2v) is 5.07. The molecule has 0 unspecified atom stereocenters. The quantitative estimate of drug-likeness (QED) is 0.732. The van der Waals surface area contributed by atoms with Gasteiger partial charge in [-0.2, -0.15) is 4.98 Å². The lowest BCUT2D eigenvalue weighted by atomic mass is 10.1. The summed E-state index contributed by atoms with van der Waals surface area (Å²) in [6.07, 6.45) is 3.42. The van der Waals surface area contributed by atoms with E-state index in [1.165, 1.54) is 0 Å². The van der Waals surface area contributed by atoms with E-state index in [1.807, 2.05) is 12.1 Å². The first-order valence-corrected chi connectivity index (χ1v) is 7.35. The van der Waals surface area contributed by atoms with Crippen LogP contribution >= 0.6 is 11.6 Å². The highest BCUT2D eigenvalue weighted by molar-refractivity contribution is 6.32. The number of benzene rings is 1. The number of halogens is 1. The van der Waals surface area contributed by atoms with Crippen LogP contribution in [0, 0.1) is 0 Å². The molecule has 0 saturated carbocycles. The summed E-state index contributed by atoms with van der Waals surface area (Å²) in [7, 11) is 0. The van der Waals surface area contributed by atoms with Crippen LogP contribution in [0.3, 0.4) is 0 Å². The number of nitrogens with one attached hydrogen (secondary N) is 2. The number of phenols is 1. The first kappa shape index (κ1) is 15.4. The maximum atomic E-state index is 9.24. The summed E-state index contributed by atoms with van der Waals surface area (Å²) < 4.78 is 0. The van der Waals surface area contributed by atoms with E-state index >= 15 is 0 Å². The van der Waals surface area contributed by atoms with Crippen molar-refractivity contribution in [1.82, 2.24) is 9.97 Å². The molecule has 0 aliphatic carbocycles. The molecular weight excluding hydrogens is 288 g/mol. The first-order valence-electron chi connectivity index (χ1n) is 6.97. The molecular formula is C15H19ClN4O. The molecule has 21 heavy (non-hydrogen) atoms. The molecule has 3 N–H and O–H groups in total. The number of hydrogen-bond acceptors (Lipinski definition) is 5. The molecule has 0 bridgehead atoms. The van der Waals surface area contributed by atoms with Gasteiger partial charge in [0.25, 0.3) is 0 Å². The van der Waals surface area contributed by atoms with Crippen molar-refractivity contribution in [2.45, 2.75) is 19.8 Å². The number of rotatable bonds is 7. The van der Waals surface area contributed by atoms with E-state index in [1.54, 1.807) is 18.3 Å². The van der Waals surface area contributed by atoms with Crippen molar-refractivity contribution in [3.8, 4) is 5.75 Å². The topological polar surface area (TPSA) is 70.1 Å². The third kappa shape index (κ3) is 4.79. The second-order valence-electron chi connectivity index (χ2n) is 4.66. The highest BCUT2D eigenvalue weighted by Crippen LogP contribution is 2.19. The number of nitrogens with zero attached hydrogens (tertiary/aromatic N) is 2. The summed E-state index contributed by atoms with van der Waals surface area (Å²) >= 11 is 6.08. The van der Waals surface area contributed by atoms with E-state index in [9.17, 15) is 5.11 Å². The lowest BCUT2D eigenvalue weighted by molar-refractivity contribution is 0.475. The second kappa shape index (κ2) is 7.69. The number of anilines is 2. The molecule has 0 aliphatic rings. The van der Waals surface area contributed by atoms with Gasteiger partial charge in [-0.05, 0) is 30.5 Å². The van der Waals surface area contributed by atoms with Gasteiger partial charge in [0.05, 0.1) is 6.20 Å². The van der Waals surface area contributed by atoms with E-state index in [2.05, 4.69) is 27.5 Å². The van der Waals surface area contributed by atoms with Crippen molar-refractivity contribution in [1.29, 1.82) is 0 Å². The Balaban J connectivity index is 1.91. The predicted molar refractivity (Wildman–Crippen MR) is 86.1 cm³/mol. The largest absolute Gasteiger partial charge is 0.508 e. The van der Waals surface area contributed by atoms with Gasteiger partial charge in [0.2, 0.25) is 5.95 Å². The molecule has 0 radical (unpaired) electrons. The predicted octanol–water partition coefficient (Wildman–Crippen LogP) is 3.31. The summed E-state index contributed by atoms with van der Waals surface area (Å²) in [5, 5.41) is 16.1. The van der Waals surface area contributed by atoms with E-state index in [4.69, 9.17) is 11.6 Å². The van der Waals surface area contributed by atoms with Crippen LogP contribution in [0.5, 0.6) is 5.75 Å². The molecule has 1 aromatic carbocycles. The van der Waals surface area contributed by atoms with Crippen molar-refractivity contribution in [2.75, 3.05) is 23.7 Å². The Morgan fingerprint density at radius 1 is 1.14 bits per heavy atom. The van der Waals surface area contributed by atoms with Crippen LogP contribution in [0.15, 0.2) is 30.5 Å². The summed E-state index contributed by atoms with van der Waals surface area (Å²) in [4.78, 5) is 8.48. The fourth-order valence-corrected chi connectivity index (χ4v) is 1.96. The van der Waals surface area contributed by atoms with Gasteiger partial charge in [-0.25, -0.2) is 4.98 Å². The SMILES string of the molecule is CCCNc1ncc(Cl)c(NCCc2ccc(O)cc2)n1. The van der Waals surface area contributed by atoms with Crippen LogP contribution in [-0.4, -0.2) is 28.2 Å². The molecule has 0 spiro atoms. The average molecular weight is 307 g/mol. The normalized spacial score (nSPS) is 10.4. The fourth-order valence-electron chi connectivity index (χ4n) is 1.80. The van der Waals surface area contributed by atoms with Crippen molar-refractivity contribution < 1.29 is 5.11 Å². The monoisotopic (exact) mass is 306 g/mol. The molecule has 0 aliphatic heterocycles. The third-order valence-corrected chi connectivity index (χ3v) is 3.20. The van der Waals surface area contributed by atoms with Gasteiger partial charge in [-0.3, -0.25) is 0 Å². The molecule has 0 fully saturated rings. The van der Waals surface area contributed by atoms with Crippen LogP contribution in [0.2, 0.25) is 5.02 Å². The van der Waals surface area contributed by atoms with Gasteiger partial charge in [-0.1, -0.05) is 30.7 Å². The molecule has 0 atom stereocenters. The third-order valence-electron chi connectivity index (χ3n) is 2.92. The number of hydrogen-bond donors (Lipinski definition) is 3. The zero-order valence-electron chi connectivity index (χ0n) is 11.9. The lowest BCUT2D eigenvalue weighted by Crippen LogP contribution is -2.10. The number of aromatic nitrogens is 2. The van der Waals surface area contributed by atoms with Crippen molar-refractivity contribution in [3.05, 3.63) is 41.0 Å². The standard InChI is InChI=1S/C15H19ClN4O/c1-2-8-18-15-19-10-13(16)14(20-15)17-9-7-11-3-5-12(21)6-4-11/h3-6,10,21H,2,7-9H2,1H3,(H2,17,18,19,20). The molecule has 1 heterocycles. The summed E-state index contributed by atoms with van der Waals surface area (Å²) in [5.41, 5.74) is 1.13. The highest BCUT2D eigenvalue weighted by Gasteiger charge is 2.04. The van der Waals surface area contributed by atoms with Crippen molar-refractivity contribution in [2.24, 2.45) is 0 Å². The van der Waals surface area contributed by atoms with Gasteiger partial charge in [0.1, 0.15) is 16.6 Å². The minimum absolute atomic E-state index is 0.275. The van der Waals surface area contributed by atoms with Gasteiger partial charge in [0.15, 0.2) is 0 Å². The zero-order valence-corrected chi connectivity index (χ0v) is 12.7. The summed E-state index contributed by atoms with van der Waals surface area (Å²) in [6.45, 7) is 3.61. The molecule has 2 rings (SSSR count). The molecule has 2 aromatic rings. The van der Waals surface area contributed by atoms with Crippen LogP contribution < -0.4 is 10.6 Å². The maximum Gasteiger partial charge on any atom is 0.224 e. The minimum atomic E-state index is 0.275. The Hall–Kier alpha value is -2.01. The molecule has 5 nitrogen and oxygen atoms in total. The van der Waals surface area contributed by atoms with E-state index in [0.717, 1.165) is 24.9 Å². The molecule has 0 amide bonds. The average Bonchev–Trinajstić information content (AvgIpc) is 2.50. The van der Waals surface area contributed by atoms with Crippen LogP contribution in [0.25, 0.3) is 0 Å². The minimum Gasteiger partial charge on any atom is -0.508 e. The Kier molecular flexibility index (Phi) is 5.63. The van der Waals surface area contributed by atoms with Gasteiger partial charge < -0.3 is 15.7 Å². The van der Waals surface area contributed by atoms with E-state index in [-0.39, 0.29) is 5.75 Å². The van der Waals surface area contributed by atoms with Crippen molar-refractivity contribution in [3.63, 3.8) is 0 Å². The lowest BCUT2D eigenvalue weighted by Gasteiger charge is -2.09. The zero-order chi connectivity index (χ0) is 15.1. The Morgan fingerprint density at radius 3 is 2.62 bits per heavy atom. The number of aromatic hydroxyl groups is 1. The molecule has 112 valence electrons. The highest BCUT2D eigenvalue weighted by atomic mass is 35.5. The maximum absolute atomic E-state index is 9.24. The molecule has 1 aromatic heterocycles. The van der Waals surface area contributed by atoms with Crippen LogP contribution in [0.1, 0.15) is 18.9 Å². The van der Waals surface area contributed by atoms with Gasteiger partial charge in [-0.15, -0.1) is 0 Å². The number of phenolic OH excluding ortho intramolecular Hbond substituents is 1. The fraction of sp³-hybridized carbons (Fsp3) is 0.333. The summed E-state index contributed by atoms with van der Waals surface area (Å²) in [6, 6.07) is 7.15. The van der Waals surface area contributed by atoms with Gasteiger partial charge in [0, 0.05) is 13.1 Å². The molecule has 0 saturated heterocycles. The Labute approximate surface area is 129 Å².